The smallest absolute Gasteiger partial charge is 0.207 e. The Morgan fingerprint density at radius 3 is 2.14 bits per heavy atom. The van der Waals surface area contributed by atoms with Crippen LogP contribution in [0.4, 0.5) is 0 Å². The highest BCUT2D eigenvalue weighted by Gasteiger charge is 2.51. The molecule has 0 amide bonds. The summed E-state index contributed by atoms with van der Waals surface area (Å²) >= 11 is 0. The van der Waals surface area contributed by atoms with Crippen LogP contribution in [-0.2, 0) is 10.0 Å². The molecule has 76 valence electrons. The lowest BCUT2D eigenvalue weighted by Gasteiger charge is -2.07. The Hall–Kier alpha value is -0.870. The highest BCUT2D eigenvalue weighted by atomic mass is 32.2. The summed E-state index contributed by atoms with van der Waals surface area (Å²) in [6, 6.07) is 8.55. The van der Waals surface area contributed by atoms with Crippen molar-refractivity contribution in [2.24, 2.45) is 0 Å². The van der Waals surface area contributed by atoms with Gasteiger partial charge in [-0.05, 0) is 26.0 Å². The second-order valence-corrected chi connectivity index (χ2v) is 6.00. The fourth-order valence-corrected chi connectivity index (χ4v) is 3.34. The van der Waals surface area contributed by atoms with E-state index in [1.54, 1.807) is 24.3 Å². The van der Waals surface area contributed by atoms with Gasteiger partial charge in [-0.15, -0.1) is 0 Å². The molecule has 0 N–H and O–H groups in total. The molecule has 1 saturated heterocycles. The third-order valence-electron chi connectivity index (χ3n) is 2.43. The van der Waals surface area contributed by atoms with E-state index in [1.165, 1.54) is 4.31 Å². The highest BCUT2D eigenvalue weighted by molar-refractivity contribution is 7.89. The van der Waals surface area contributed by atoms with Crippen molar-refractivity contribution in [3.63, 3.8) is 0 Å². The summed E-state index contributed by atoms with van der Waals surface area (Å²) in [5, 5.41) is 0. The van der Waals surface area contributed by atoms with Gasteiger partial charge in [0, 0.05) is 12.1 Å². The van der Waals surface area contributed by atoms with Gasteiger partial charge in [-0.25, -0.2) is 8.42 Å². The van der Waals surface area contributed by atoms with Crippen LogP contribution >= 0.6 is 0 Å². The van der Waals surface area contributed by atoms with Crippen LogP contribution in [0, 0.1) is 0 Å². The molecule has 1 aromatic rings. The van der Waals surface area contributed by atoms with Gasteiger partial charge in [0.25, 0.3) is 0 Å². The van der Waals surface area contributed by atoms with Gasteiger partial charge in [0.15, 0.2) is 0 Å². The van der Waals surface area contributed by atoms with Gasteiger partial charge in [0.1, 0.15) is 0 Å². The van der Waals surface area contributed by atoms with Gasteiger partial charge < -0.3 is 0 Å². The molecule has 0 radical (unpaired) electrons. The van der Waals surface area contributed by atoms with E-state index in [-0.39, 0.29) is 5.54 Å². The number of hydrogen-bond donors (Lipinski definition) is 0. The molecule has 4 heteroatoms. The molecule has 1 unspecified atom stereocenters. The third kappa shape index (κ3) is 1.44. The number of rotatable bonds is 2. The van der Waals surface area contributed by atoms with Crippen molar-refractivity contribution < 1.29 is 8.42 Å². The second kappa shape index (κ2) is 2.81. The van der Waals surface area contributed by atoms with E-state index in [1.807, 2.05) is 19.9 Å². The second-order valence-electron chi connectivity index (χ2n) is 4.14. The molecule has 1 aliphatic heterocycles. The van der Waals surface area contributed by atoms with E-state index >= 15 is 0 Å². The maximum atomic E-state index is 11.9. The van der Waals surface area contributed by atoms with Crippen LogP contribution in [0.3, 0.4) is 0 Å². The van der Waals surface area contributed by atoms with Crippen molar-refractivity contribution >= 4 is 10.0 Å². The maximum Gasteiger partial charge on any atom is 0.243 e. The van der Waals surface area contributed by atoms with Gasteiger partial charge in [-0.2, -0.15) is 4.31 Å². The first-order valence-corrected chi connectivity index (χ1v) is 5.96. The van der Waals surface area contributed by atoms with Crippen LogP contribution in [0.15, 0.2) is 35.2 Å². The Morgan fingerprint density at radius 1 is 1.21 bits per heavy atom. The minimum atomic E-state index is -3.24. The number of hydrogen-bond acceptors (Lipinski definition) is 2. The molecule has 0 aliphatic carbocycles. The Balaban J connectivity index is 2.37. The Labute approximate surface area is 84.4 Å². The third-order valence-corrected chi connectivity index (χ3v) is 4.50. The maximum absolute atomic E-state index is 11.9. The zero-order valence-electron chi connectivity index (χ0n) is 8.27. The number of sulfonamides is 1. The predicted molar refractivity (Wildman–Crippen MR) is 54.4 cm³/mol. The topological polar surface area (TPSA) is 37.1 Å². The van der Waals surface area contributed by atoms with E-state index < -0.39 is 10.0 Å². The van der Waals surface area contributed by atoms with Gasteiger partial charge in [0.05, 0.1) is 4.90 Å². The van der Waals surface area contributed by atoms with Crippen LogP contribution in [-0.4, -0.2) is 24.8 Å². The van der Waals surface area contributed by atoms with Crippen molar-refractivity contribution in [2.75, 3.05) is 6.54 Å². The molecular weight excluding hydrogens is 198 g/mol. The normalized spacial score (nSPS) is 24.6. The summed E-state index contributed by atoms with van der Waals surface area (Å²) in [5.41, 5.74) is -0.200. The minimum absolute atomic E-state index is 0.200. The lowest BCUT2D eigenvalue weighted by Crippen LogP contribution is -2.18. The summed E-state index contributed by atoms with van der Waals surface area (Å²) in [4.78, 5) is 0.380. The minimum Gasteiger partial charge on any atom is -0.207 e. The molecule has 2 rings (SSSR count). The summed E-state index contributed by atoms with van der Waals surface area (Å²) in [6.45, 7) is 4.46. The van der Waals surface area contributed by atoms with E-state index in [0.29, 0.717) is 11.4 Å². The Kier molecular flexibility index (Phi) is 1.94. The monoisotopic (exact) mass is 211 g/mol. The first-order valence-electron chi connectivity index (χ1n) is 4.52. The quantitative estimate of drug-likeness (QED) is 0.695. The first-order chi connectivity index (χ1) is 6.44. The average Bonchev–Trinajstić information content (AvgIpc) is 2.78. The van der Waals surface area contributed by atoms with Gasteiger partial charge in [-0.1, -0.05) is 18.2 Å². The number of nitrogens with zero attached hydrogens (tertiary/aromatic N) is 1. The highest BCUT2D eigenvalue weighted by Crippen LogP contribution is 2.37. The van der Waals surface area contributed by atoms with Crippen molar-refractivity contribution in [1.82, 2.24) is 4.31 Å². The first kappa shape index (κ1) is 9.68. The Bertz CT molecular complexity index is 436. The largest absolute Gasteiger partial charge is 0.243 e. The summed E-state index contributed by atoms with van der Waals surface area (Å²) < 4.78 is 25.4. The SMILES string of the molecule is CC1(C)CN1S(=O)(=O)c1ccccc1. The lowest BCUT2D eigenvalue weighted by atomic mass is 10.2. The standard InChI is InChI=1S/C10H13NO2S/c1-10(2)8-11(10)14(12,13)9-6-4-3-5-7-9/h3-7H,8H2,1-2H3. The van der Waals surface area contributed by atoms with E-state index in [4.69, 9.17) is 0 Å². The van der Waals surface area contributed by atoms with E-state index in [2.05, 4.69) is 0 Å². The average molecular weight is 211 g/mol. The molecule has 1 atom stereocenters. The predicted octanol–water partition coefficient (Wildman–Crippen LogP) is 1.47. The summed E-state index contributed by atoms with van der Waals surface area (Å²) in [7, 11) is -3.24. The molecule has 0 bridgehead atoms. The van der Waals surface area contributed by atoms with Crippen LogP contribution in [0.1, 0.15) is 13.8 Å². The molecule has 1 heterocycles. The van der Waals surface area contributed by atoms with Crippen molar-refractivity contribution in [1.29, 1.82) is 0 Å². The molecule has 3 nitrogen and oxygen atoms in total. The summed E-state index contributed by atoms with van der Waals surface area (Å²) in [6.07, 6.45) is 0. The zero-order valence-corrected chi connectivity index (χ0v) is 9.08. The number of benzene rings is 1. The van der Waals surface area contributed by atoms with Crippen molar-refractivity contribution in [3.8, 4) is 0 Å². The van der Waals surface area contributed by atoms with Crippen LogP contribution < -0.4 is 0 Å². The van der Waals surface area contributed by atoms with Crippen LogP contribution in [0.25, 0.3) is 0 Å². The molecule has 0 aromatic heterocycles. The fourth-order valence-electron chi connectivity index (χ4n) is 1.45. The van der Waals surface area contributed by atoms with Crippen LogP contribution in [0.2, 0.25) is 0 Å². The molecule has 1 aromatic carbocycles. The summed E-state index contributed by atoms with van der Waals surface area (Å²) in [5.74, 6) is 0. The molecule has 0 saturated carbocycles. The molecule has 0 spiro atoms. The zero-order chi connectivity index (χ0) is 10.4. The molecule has 14 heavy (non-hydrogen) atoms. The van der Waals surface area contributed by atoms with Crippen molar-refractivity contribution in [3.05, 3.63) is 30.3 Å². The molecule has 1 aliphatic rings. The van der Waals surface area contributed by atoms with Crippen LogP contribution in [0.5, 0.6) is 0 Å². The molecule has 1 fully saturated rings. The Morgan fingerprint density at radius 2 is 1.71 bits per heavy atom. The van der Waals surface area contributed by atoms with Gasteiger partial charge >= 0.3 is 0 Å². The van der Waals surface area contributed by atoms with Crippen molar-refractivity contribution in [2.45, 2.75) is 24.3 Å². The fraction of sp³-hybridized carbons (Fsp3) is 0.400. The van der Waals surface area contributed by atoms with Gasteiger partial charge in [-0.3, -0.25) is 0 Å². The van der Waals surface area contributed by atoms with Gasteiger partial charge in [0.2, 0.25) is 10.0 Å². The van der Waals surface area contributed by atoms with E-state index in [9.17, 15) is 8.42 Å². The molecular formula is C10H13NO2S. The lowest BCUT2D eigenvalue weighted by molar-refractivity contribution is 0.530. The van der Waals surface area contributed by atoms with E-state index in [0.717, 1.165) is 0 Å².